The van der Waals surface area contributed by atoms with Gasteiger partial charge < -0.3 is 11.1 Å². The Labute approximate surface area is 108 Å². The van der Waals surface area contributed by atoms with E-state index in [4.69, 9.17) is 5.73 Å². The summed E-state index contributed by atoms with van der Waals surface area (Å²) in [6.07, 6.45) is 1.72. The molecule has 2 rings (SSSR count). The molecule has 0 bridgehead atoms. The number of nitrogen functional groups attached to an aromatic ring is 1. The first-order chi connectivity index (χ1) is 8.56. The average molecular weight is 265 g/mol. The smallest absolute Gasteiger partial charge is 0.251 e. The predicted octanol–water partition coefficient (Wildman–Crippen LogP) is 2.10. The summed E-state index contributed by atoms with van der Waals surface area (Å²) in [6, 6.07) is 3.91. The molecular formula is C12H12FN3OS. The van der Waals surface area contributed by atoms with E-state index < -0.39 is 5.82 Å². The Morgan fingerprint density at radius 2 is 2.33 bits per heavy atom. The first kappa shape index (κ1) is 12.5. The molecule has 0 aliphatic heterocycles. The van der Waals surface area contributed by atoms with Crippen LogP contribution in [0, 0.1) is 12.7 Å². The molecule has 0 atom stereocenters. The summed E-state index contributed by atoms with van der Waals surface area (Å²) in [6.45, 7) is 2.30. The molecule has 18 heavy (non-hydrogen) atoms. The third kappa shape index (κ3) is 2.84. The van der Waals surface area contributed by atoms with Gasteiger partial charge in [0.15, 0.2) is 0 Å². The van der Waals surface area contributed by atoms with Crippen LogP contribution in [0.2, 0.25) is 0 Å². The highest BCUT2D eigenvalue weighted by Gasteiger charge is 2.08. The number of nitrogens with zero attached hydrogens (tertiary/aromatic N) is 1. The van der Waals surface area contributed by atoms with Crippen LogP contribution in [0.3, 0.4) is 0 Å². The summed E-state index contributed by atoms with van der Waals surface area (Å²) >= 11 is 1.52. The third-order valence-corrected chi connectivity index (χ3v) is 3.26. The maximum atomic E-state index is 13.0. The van der Waals surface area contributed by atoms with Crippen molar-refractivity contribution in [3.63, 3.8) is 0 Å². The number of aromatic nitrogens is 1. The van der Waals surface area contributed by atoms with E-state index in [-0.39, 0.29) is 11.6 Å². The Morgan fingerprint density at radius 1 is 1.56 bits per heavy atom. The molecule has 1 heterocycles. The third-order valence-electron chi connectivity index (χ3n) is 2.35. The molecule has 1 amide bonds. The largest absolute Gasteiger partial charge is 0.396 e. The highest BCUT2D eigenvalue weighted by Crippen LogP contribution is 2.13. The molecule has 6 heteroatoms. The Balaban J connectivity index is 2.01. The Hall–Kier alpha value is -1.95. The lowest BCUT2D eigenvalue weighted by atomic mass is 10.2. The summed E-state index contributed by atoms with van der Waals surface area (Å²) in [5, 5.41) is 3.68. The van der Waals surface area contributed by atoms with E-state index in [1.54, 1.807) is 6.20 Å². The van der Waals surface area contributed by atoms with Gasteiger partial charge in [-0.3, -0.25) is 4.79 Å². The number of nitrogens with one attached hydrogen (secondary N) is 1. The summed E-state index contributed by atoms with van der Waals surface area (Å²) in [5.74, 6) is -0.808. The molecule has 0 aliphatic carbocycles. The second-order valence-electron chi connectivity index (χ2n) is 3.76. The van der Waals surface area contributed by atoms with Crippen LogP contribution in [-0.4, -0.2) is 10.9 Å². The molecule has 1 aromatic carbocycles. The number of carbonyl (C=O) groups excluding carboxylic acids is 1. The highest BCUT2D eigenvalue weighted by atomic mass is 32.1. The second kappa shape index (κ2) is 5.14. The number of hydrogen-bond donors (Lipinski definition) is 2. The Kier molecular flexibility index (Phi) is 3.57. The number of rotatable bonds is 3. The summed E-state index contributed by atoms with van der Waals surface area (Å²) < 4.78 is 13.0. The van der Waals surface area contributed by atoms with Crippen LogP contribution >= 0.6 is 11.3 Å². The van der Waals surface area contributed by atoms with E-state index in [1.807, 2.05) is 6.92 Å². The molecular weight excluding hydrogens is 253 g/mol. The summed E-state index contributed by atoms with van der Waals surface area (Å²) in [4.78, 5) is 16.8. The van der Waals surface area contributed by atoms with Gasteiger partial charge >= 0.3 is 0 Å². The highest BCUT2D eigenvalue weighted by molar-refractivity contribution is 7.11. The van der Waals surface area contributed by atoms with E-state index in [0.717, 1.165) is 9.88 Å². The standard InChI is InChI=1S/C12H12FN3OS/c1-7-15-5-9(18-7)6-16-12(17)8-2-3-10(13)11(14)4-8/h2-5H,6,14H2,1H3,(H,16,17). The predicted molar refractivity (Wildman–Crippen MR) is 68.8 cm³/mol. The SMILES string of the molecule is Cc1ncc(CNC(=O)c2ccc(F)c(N)c2)s1. The molecule has 0 saturated carbocycles. The molecule has 0 fully saturated rings. The zero-order chi connectivity index (χ0) is 13.1. The fraction of sp³-hybridized carbons (Fsp3) is 0.167. The molecule has 0 radical (unpaired) electrons. The summed E-state index contributed by atoms with van der Waals surface area (Å²) in [7, 11) is 0. The molecule has 1 aromatic heterocycles. The lowest BCUT2D eigenvalue weighted by molar-refractivity contribution is 0.0951. The second-order valence-corrected chi connectivity index (χ2v) is 5.08. The van der Waals surface area contributed by atoms with Gasteiger partial charge in [-0.15, -0.1) is 11.3 Å². The average Bonchev–Trinajstić information content (AvgIpc) is 2.75. The number of benzene rings is 1. The van der Waals surface area contributed by atoms with Gasteiger partial charge in [0.1, 0.15) is 5.82 Å². The topological polar surface area (TPSA) is 68.0 Å². The van der Waals surface area contributed by atoms with Crippen molar-refractivity contribution in [1.82, 2.24) is 10.3 Å². The van der Waals surface area contributed by atoms with Crippen LogP contribution < -0.4 is 11.1 Å². The zero-order valence-electron chi connectivity index (χ0n) is 9.74. The van der Waals surface area contributed by atoms with Gasteiger partial charge in [0, 0.05) is 16.6 Å². The molecule has 0 aliphatic rings. The van der Waals surface area contributed by atoms with Crippen LogP contribution in [0.25, 0.3) is 0 Å². The van der Waals surface area contributed by atoms with Crippen LogP contribution in [0.1, 0.15) is 20.2 Å². The van der Waals surface area contributed by atoms with Gasteiger partial charge in [-0.1, -0.05) is 0 Å². The summed E-state index contributed by atoms with van der Waals surface area (Å²) in [5.41, 5.74) is 5.72. The number of thiazole rings is 1. The minimum atomic E-state index is -0.523. The van der Waals surface area contributed by atoms with Crippen molar-refractivity contribution in [1.29, 1.82) is 0 Å². The van der Waals surface area contributed by atoms with Crippen molar-refractivity contribution in [2.75, 3.05) is 5.73 Å². The number of anilines is 1. The fourth-order valence-electron chi connectivity index (χ4n) is 1.44. The van der Waals surface area contributed by atoms with E-state index in [0.29, 0.717) is 12.1 Å². The van der Waals surface area contributed by atoms with Gasteiger partial charge in [-0.25, -0.2) is 9.37 Å². The first-order valence-electron chi connectivity index (χ1n) is 5.31. The van der Waals surface area contributed by atoms with Crippen molar-refractivity contribution < 1.29 is 9.18 Å². The van der Waals surface area contributed by atoms with Gasteiger partial charge in [0.2, 0.25) is 0 Å². The van der Waals surface area contributed by atoms with Crippen LogP contribution in [0.15, 0.2) is 24.4 Å². The van der Waals surface area contributed by atoms with Crippen LogP contribution in [0.5, 0.6) is 0 Å². The van der Waals surface area contributed by atoms with E-state index in [1.165, 1.54) is 29.5 Å². The first-order valence-corrected chi connectivity index (χ1v) is 6.12. The van der Waals surface area contributed by atoms with Crippen molar-refractivity contribution in [3.05, 3.63) is 45.7 Å². The molecule has 0 unspecified atom stereocenters. The molecule has 4 nitrogen and oxygen atoms in total. The lowest BCUT2D eigenvalue weighted by Crippen LogP contribution is -2.22. The normalized spacial score (nSPS) is 10.3. The number of nitrogens with two attached hydrogens (primary N) is 1. The monoisotopic (exact) mass is 265 g/mol. The minimum absolute atomic E-state index is 0.0312. The van der Waals surface area contributed by atoms with Gasteiger partial charge in [0.25, 0.3) is 5.91 Å². The molecule has 3 N–H and O–H groups in total. The number of amides is 1. The van der Waals surface area contributed by atoms with Crippen molar-refractivity contribution in [2.45, 2.75) is 13.5 Å². The maximum absolute atomic E-state index is 13.0. The molecule has 0 saturated heterocycles. The van der Waals surface area contributed by atoms with Crippen molar-refractivity contribution in [3.8, 4) is 0 Å². The lowest BCUT2D eigenvalue weighted by Gasteiger charge is -2.04. The minimum Gasteiger partial charge on any atom is -0.396 e. The van der Waals surface area contributed by atoms with Crippen LogP contribution in [-0.2, 0) is 6.54 Å². The maximum Gasteiger partial charge on any atom is 0.251 e. The van der Waals surface area contributed by atoms with Crippen molar-refractivity contribution >= 4 is 22.9 Å². The van der Waals surface area contributed by atoms with E-state index in [9.17, 15) is 9.18 Å². The van der Waals surface area contributed by atoms with Gasteiger partial charge in [0.05, 0.1) is 17.2 Å². The van der Waals surface area contributed by atoms with Crippen molar-refractivity contribution in [2.24, 2.45) is 0 Å². The van der Waals surface area contributed by atoms with Gasteiger partial charge in [-0.2, -0.15) is 0 Å². The fourth-order valence-corrected chi connectivity index (χ4v) is 2.18. The van der Waals surface area contributed by atoms with E-state index in [2.05, 4.69) is 10.3 Å². The number of carbonyl (C=O) groups is 1. The number of halogens is 1. The van der Waals surface area contributed by atoms with E-state index >= 15 is 0 Å². The van der Waals surface area contributed by atoms with Gasteiger partial charge in [-0.05, 0) is 25.1 Å². The Morgan fingerprint density at radius 3 is 2.94 bits per heavy atom. The number of hydrogen-bond acceptors (Lipinski definition) is 4. The van der Waals surface area contributed by atoms with Crippen LogP contribution in [0.4, 0.5) is 10.1 Å². The molecule has 0 spiro atoms. The molecule has 94 valence electrons. The molecule has 2 aromatic rings. The Bertz CT molecular complexity index is 582. The number of aryl methyl sites for hydroxylation is 1. The quantitative estimate of drug-likeness (QED) is 0.835. The zero-order valence-corrected chi connectivity index (χ0v) is 10.6.